The van der Waals surface area contributed by atoms with Crippen molar-refractivity contribution in [1.82, 2.24) is 4.90 Å². The molecule has 98 valence electrons. The molecule has 0 saturated carbocycles. The molecule has 18 heavy (non-hydrogen) atoms. The molecule has 1 fully saturated rings. The van der Waals surface area contributed by atoms with Crippen LogP contribution in [0.2, 0.25) is 0 Å². The first kappa shape index (κ1) is 13.2. The number of anilines is 1. The zero-order valence-corrected chi connectivity index (χ0v) is 11.3. The first-order valence-corrected chi connectivity index (χ1v) is 6.43. The topological polar surface area (TPSA) is 24.5 Å². The zero-order valence-electron chi connectivity index (χ0n) is 10.5. The normalized spacial score (nSPS) is 19.3. The number of benzene rings is 1. The Balaban J connectivity index is 2.03. The monoisotopic (exact) mass is 268 g/mol. The summed E-state index contributed by atoms with van der Waals surface area (Å²) in [4.78, 5) is 2.00. The fraction of sp³-hybridized carbons (Fsp3) is 0.462. The molecular weight excluding hydrogens is 251 g/mol. The van der Waals surface area contributed by atoms with E-state index in [1.54, 1.807) is 12.1 Å². The summed E-state index contributed by atoms with van der Waals surface area (Å²) < 4.78 is 18.7. The van der Waals surface area contributed by atoms with Crippen LogP contribution in [0.1, 0.15) is 13.8 Å². The third-order valence-electron chi connectivity index (χ3n) is 2.84. The molecule has 0 spiro atoms. The van der Waals surface area contributed by atoms with Gasteiger partial charge in [-0.15, -0.1) is 0 Å². The van der Waals surface area contributed by atoms with Crippen molar-refractivity contribution in [3.63, 3.8) is 0 Å². The van der Waals surface area contributed by atoms with Crippen molar-refractivity contribution in [3.05, 3.63) is 30.1 Å². The SMILES string of the molecule is CC(C)C1OCCN1C(=S)Nc1cccc(F)c1. The van der Waals surface area contributed by atoms with E-state index in [1.807, 2.05) is 4.90 Å². The van der Waals surface area contributed by atoms with Crippen LogP contribution in [0.25, 0.3) is 0 Å². The molecule has 1 unspecified atom stereocenters. The van der Waals surface area contributed by atoms with Gasteiger partial charge in [0.15, 0.2) is 5.11 Å². The van der Waals surface area contributed by atoms with E-state index in [0.29, 0.717) is 23.3 Å². The highest BCUT2D eigenvalue weighted by Crippen LogP contribution is 2.20. The summed E-state index contributed by atoms with van der Waals surface area (Å²) in [6, 6.07) is 6.27. The fourth-order valence-corrected chi connectivity index (χ4v) is 2.33. The molecule has 1 aliphatic rings. The van der Waals surface area contributed by atoms with Gasteiger partial charge in [-0.25, -0.2) is 4.39 Å². The Morgan fingerprint density at radius 3 is 3.00 bits per heavy atom. The highest BCUT2D eigenvalue weighted by Gasteiger charge is 2.29. The quantitative estimate of drug-likeness (QED) is 0.834. The zero-order chi connectivity index (χ0) is 13.1. The van der Waals surface area contributed by atoms with Crippen LogP contribution in [-0.4, -0.2) is 29.4 Å². The number of hydrogen-bond donors (Lipinski definition) is 1. The van der Waals surface area contributed by atoms with E-state index >= 15 is 0 Å². The standard InChI is InChI=1S/C13H17FN2OS/c1-9(2)12-16(6-7-17-12)13(18)15-11-5-3-4-10(14)8-11/h3-5,8-9,12H,6-7H2,1-2H3,(H,15,18). The van der Waals surface area contributed by atoms with Crippen molar-refractivity contribution >= 4 is 23.0 Å². The largest absolute Gasteiger partial charge is 0.356 e. The van der Waals surface area contributed by atoms with Gasteiger partial charge in [0.25, 0.3) is 0 Å². The van der Waals surface area contributed by atoms with Gasteiger partial charge in [0.1, 0.15) is 12.0 Å². The summed E-state index contributed by atoms with van der Waals surface area (Å²) in [6.45, 7) is 5.62. The Labute approximate surface area is 112 Å². The summed E-state index contributed by atoms with van der Waals surface area (Å²) in [5.74, 6) is 0.0839. The van der Waals surface area contributed by atoms with Gasteiger partial charge in [0, 0.05) is 12.2 Å². The highest BCUT2D eigenvalue weighted by atomic mass is 32.1. The number of nitrogens with one attached hydrogen (secondary N) is 1. The van der Waals surface area contributed by atoms with Gasteiger partial charge in [-0.3, -0.25) is 0 Å². The first-order valence-electron chi connectivity index (χ1n) is 6.02. The molecule has 0 bridgehead atoms. The van der Waals surface area contributed by atoms with Crippen molar-refractivity contribution < 1.29 is 9.13 Å². The van der Waals surface area contributed by atoms with Crippen LogP contribution in [0.4, 0.5) is 10.1 Å². The van der Waals surface area contributed by atoms with E-state index in [9.17, 15) is 4.39 Å². The molecule has 0 radical (unpaired) electrons. The minimum absolute atomic E-state index is 0.00133. The van der Waals surface area contributed by atoms with Crippen LogP contribution >= 0.6 is 12.2 Å². The van der Waals surface area contributed by atoms with Crippen molar-refractivity contribution in [3.8, 4) is 0 Å². The lowest BCUT2D eigenvalue weighted by atomic mass is 10.2. The molecule has 1 aromatic carbocycles. The Bertz CT molecular complexity index is 439. The minimum Gasteiger partial charge on any atom is -0.356 e. The van der Waals surface area contributed by atoms with Crippen LogP contribution in [-0.2, 0) is 4.74 Å². The van der Waals surface area contributed by atoms with Crippen molar-refractivity contribution in [2.24, 2.45) is 5.92 Å². The lowest BCUT2D eigenvalue weighted by Gasteiger charge is -2.28. The lowest BCUT2D eigenvalue weighted by Crippen LogP contribution is -2.41. The summed E-state index contributed by atoms with van der Waals surface area (Å²) in [5, 5.41) is 3.63. The molecule has 3 nitrogen and oxygen atoms in total. The second kappa shape index (κ2) is 5.63. The number of rotatable bonds is 2. The van der Waals surface area contributed by atoms with Gasteiger partial charge in [0.05, 0.1) is 6.61 Å². The predicted octanol–water partition coefficient (Wildman–Crippen LogP) is 2.84. The van der Waals surface area contributed by atoms with E-state index in [0.717, 1.165) is 6.54 Å². The van der Waals surface area contributed by atoms with Gasteiger partial charge in [0.2, 0.25) is 0 Å². The van der Waals surface area contributed by atoms with Crippen LogP contribution < -0.4 is 5.32 Å². The predicted molar refractivity (Wildman–Crippen MR) is 73.9 cm³/mol. The van der Waals surface area contributed by atoms with Gasteiger partial charge >= 0.3 is 0 Å². The van der Waals surface area contributed by atoms with Crippen LogP contribution in [0.15, 0.2) is 24.3 Å². The van der Waals surface area contributed by atoms with Crippen molar-refractivity contribution in [1.29, 1.82) is 0 Å². The second-order valence-corrected chi connectivity index (χ2v) is 5.03. The molecular formula is C13H17FN2OS. The summed E-state index contributed by atoms with van der Waals surface area (Å²) in [6.07, 6.45) is -0.00133. The van der Waals surface area contributed by atoms with Gasteiger partial charge < -0.3 is 15.0 Å². The van der Waals surface area contributed by atoms with E-state index < -0.39 is 0 Å². The Morgan fingerprint density at radius 1 is 1.56 bits per heavy atom. The van der Waals surface area contributed by atoms with Crippen LogP contribution in [0.3, 0.4) is 0 Å². The van der Waals surface area contributed by atoms with E-state index in [4.69, 9.17) is 17.0 Å². The second-order valence-electron chi connectivity index (χ2n) is 4.64. The molecule has 1 N–H and O–H groups in total. The van der Waals surface area contributed by atoms with Crippen molar-refractivity contribution in [2.75, 3.05) is 18.5 Å². The number of halogens is 1. The average molecular weight is 268 g/mol. The van der Waals surface area contributed by atoms with Gasteiger partial charge in [-0.2, -0.15) is 0 Å². The number of ether oxygens (including phenoxy) is 1. The Hall–Kier alpha value is -1.20. The number of nitrogens with zero attached hydrogens (tertiary/aromatic N) is 1. The molecule has 0 aromatic heterocycles. The number of hydrogen-bond acceptors (Lipinski definition) is 2. The van der Waals surface area contributed by atoms with E-state index in [-0.39, 0.29) is 12.0 Å². The minimum atomic E-state index is -0.277. The summed E-state index contributed by atoms with van der Waals surface area (Å²) in [7, 11) is 0. The smallest absolute Gasteiger partial charge is 0.175 e. The fourth-order valence-electron chi connectivity index (χ4n) is 2.02. The summed E-state index contributed by atoms with van der Waals surface area (Å²) >= 11 is 5.35. The van der Waals surface area contributed by atoms with Gasteiger partial charge in [-0.05, 0) is 36.3 Å². The molecule has 2 rings (SSSR count). The van der Waals surface area contributed by atoms with Crippen LogP contribution in [0, 0.1) is 11.7 Å². The molecule has 0 amide bonds. The summed E-state index contributed by atoms with van der Waals surface area (Å²) in [5.41, 5.74) is 0.661. The van der Waals surface area contributed by atoms with Crippen molar-refractivity contribution in [2.45, 2.75) is 20.1 Å². The molecule has 1 saturated heterocycles. The van der Waals surface area contributed by atoms with E-state index in [1.165, 1.54) is 12.1 Å². The van der Waals surface area contributed by atoms with Crippen LogP contribution in [0.5, 0.6) is 0 Å². The Morgan fingerprint density at radius 2 is 2.33 bits per heavy atom. The third-order valence-corrected chi connectivity index (χ3v) is 3.17. The molecule has 1 atom stereocenters. The maximum atomic E-state index is 13.1. The third kappa shape index (κ3) is 2.97. The lowest BCUT2D eigenvalue weighted by molar-refractivity contribution is 0.0272. The first-order chi connectivity index (χ1) is 8.58. The Kier molecular flexibility index (Phi) is 4.14. The maximum Gasteiger partial charge on any atom is 0.175 e. The average Bonchev–Trinajstić information content (AvgIpc) is 2.77. The highest BCUT2D eigenvalue weighted by molar-refractivity contribution is 7.80. The maximum absolute atomic E-state index is 13.1. The molecule has 5 heteroatoms. The molecule has 0 aliphatic carbocycles. The van der Waals surface area contributed by atoms with Gasteiger partial charge in [-0.1, -0.05) is 19.9 Å². The molecule has 1 aromatic rings. The van der Waals surface area contributed by atoms with E-state index in [2.05, 4.69) is 19.2 Å². The molecule has 1 heterocycles. The molecule has 1 aliphatic heterocycles. The number of thiocarbonyl (C=S) groups is 1.